The lowest BCUT2D eigenvalue weighted by Crippen LogP contribution is -2.02. The maximum absolute atomic E-state index is 13.4. The normalized spacial score (nSPS) is 10.9. The molecule has 3 rings (SSSR count). The average molecular weight is 302 g/mol. The van der Waals surface area contributed by atoms with Crippen molar-refractivity contribution in [2.45, 2.75) is 13.8 Å². The summed E-state index contributed by atoms with van der Waals surface area (Å²) in [5.74, 6) is 0.951. The van der Waals surface area contributed by atoms with E-state index >= 15 is 0 Å². The predicted octanol–water partition coefficient (Wildman–Crippen LogP) is 4.23. The summed E-state index contributed by atoms with van der Waals surface area (Å²) < 4.78 is 13.4. The van der Waals surface area contributed by atoms with Gasteiger partial charge in [0.25, 0.3) is 0 Å². The Morgan fingerprint density at radius 3 is 2.71 bits per heavy atom. The minimum absolute atomic E-state index is 0.274. The largest absolute Gasteiger partial charge is 0.357 e. The fourth-order valence-electron chi connectivity index (χ4n) is 2.11. The average Bonchev–Trinajstić information content (AvgIpc) is 2.83. The number of hydrogen-bond donors (Lipinski definition) is 2. The first-order valence-electron chi connectivity index (χ1n) is 6.56. The van der Waals surface area contributed by atoms with Gasteiger partial charge in [0.05, 0.1) is 5.39 Å². The Bertz CT molecular complexity index is 813. The van der Waals surface area contributed by atoms with Crippen molar-refractivity contribution in [3.63, 3.8) is 0 Å². The standard InChI is InChI=1S/C15H15FN4S/c1-8-4-5-10(16)7-12(8)18-13-11-6-9(2)21-14(11)20-15(17-3)19-13/h4-7H,1-3H3,(H2,17,18,19,20). The zero-order chi connectivity index (χ0) is 15.0. The van der Waals surface area contributed by atoms with Crippen molar-refractivity contribution in [1.82, 2.24) is 9.97 Å². The summed E-state index contributed by atoms with van der Waals surface area (Å²) in [4.78, 5) is 11.0. The highest BCUT2D eigenvalue weighted by Gasteiger charge is 2.11. The molecule has 108 valence electrons. The molecule has 0 aliphatic carbocycles. The molecule has 3 aromatic rings. The smallest absolute Gasteiger partial charge is 0.225 e. The van der Waals surface area contributed by atoms with E-state index in [1.54, 1.807) is 24.5 Å². The summed E-state index contributed by atoms with van der Waals surface area (Å²) in [7, 11) is 1.78. The molecule has 1 aromatic carbocycles. The van der Waals surface area contributed by atoms with Gasteiger partial charge in [0.15, 0.2) is 0 Å². The van der Waals surface area contributed by atoms with E-state index in [1.165, 1.54) is 12.1 Å². The summed E-state index contributed by atoms with van der Waals surface area (Å²) in [6.07, 6.45) is 0. The Labute approximate surface area is 126 Å². The maximum Gasteiger partial charge on any atom is 0.225 e. The molecule has 2 N–H and O–H groups in total. The van der Waals surface area contributed by atoms with E-state index in [4.69, 9.17) is 0 Å². The van der Waals surface area contributed by atoms with E-state index in [-0.39, 0.29) is 5.82 Å². The van der Waals surface area contributed by atoms with Crippen LogP contribution in [0, 0.1) is 19.7 Å². The summed E-state index contributed by atoms with van der Waals surface area (Å²) in [5, 5.41) is 7.12. The Morgan fingerprint density at radius 2 is 1.95 bits per heavy atom. The second kappa shape index (κ2) is 5.29. The number of nitrogens with zero attached hydrogens (tertiary/aromatic N) is 2. The van der Waals surface area contributed by atoms with Crippen molar-refractivity contribution in [3.05, 3.63) is 40.5 Å². The monoisotopic (exact) mass is 302 g/mol. The summed E-state index contributed by atoms with van der Waals surface area (Å²) >= 11 is 1.61. The van der Waals surface area contributed by atoms with Crippen LogP contribution in [0.5, 0.6) is 0 Å². The van der Waals surface area contributed by atoms with Gasteiger partial charge in [-0.2, -0.15) is 4.98 Å². The van der Waals surface area contributed by atoms with Crippen LogP contribution in [0.3, 0.4) is 0 Å². The van der Waals surface area contributed by atoms with Gasteiger partial charge < -0.3 is 10.6 Å². The third kappa shape index (κ3) is 2.67. The Balaban J connectivity index is 2.12. The quantitative estimate of drug-likeness (QED) is 0.760. The van der Waals surface area contributed by atoms with E-state index in [9.17, 15) is 4.39 Å². The number of halogens is 1. The molecular formula is C15H15FN4S. The molecule has 2 aromatic heterocycles. The summed E-state index contributed by atoms with van der Waals surface area (Å²) in [6.45, 7) is 3.96. The molecule has 0 aliphatic rings. The lowest BCUT2D eigenvalue weighted by atomic mass is 10.2. The van der Waals surface area contributed by atoms with Crippen molar-refractivity contribution in [3.8, 4) is 0 Å². The molecule has 0 bridgehead atoms. The van der Waals surface area contributed by atoms with Gasteiger partial charge in [0.1, 0.15) is 16.5 Å². The van der Waals surface area contributed by atoms with E-state index in [0.717, 1.165) is 20.7 Å². The fraction of sp³-hybridized carbons (Fsp3) is 0.200. The molecule has 0 aliphatic heterocycles. The van der Waals surface area contributed by atoms with Crippen LogP contribution >= 0.6 is 11.3 Å². The molecule has 0 atom stereocenters. The van der Waals surface area contributed by atoms with Crippen molar-refractivity contribution in [2.75, 3.05) is 17.7 Å². The first-order valence-corrected chi connectivity index (χ1v) is 7.37. The molecule has 2 heterocycles. The Hall–Kier alpha value is -2.21. The van der Waals surface area contributed by atoms with Gasteiger partial charge in [0.2, 0.25) is 5.95 Å². The highest BCUT2D eigenvalue weighted by atomic mass is 32.1. The zero-order valence-corrected chi connectivity index (χ0v) is 12.8. The molecule has 0 amide bonds. The number of hydrogen-bond acceptors (Lipinski definition) is 5. The SMILES string of the molecule is CNc1nc(Nc2cc(F)ccc2C)c2cc(C)sc2n1. The molecule has 0 saturated carbocycles. The minimum atomic E-state index is -0.274. The van der Waals surface area contributed by atoms with Gasteiger partial charge in [-0.15, -0.1) is 11.3 Å². The van der Waals surface area contributed by atoms with Crippen LogP contribution in [-0.2, 0) is 0 Å². The number of aryl methyl sites for hydroxylation is 2. The Morgan fingerprint density at radius 1 is 1.14 bits per heavy atom. The van der Waals surface area contributed by atoms with Crippen LogP contribution in [0.4, 0.5) is 21.8 Å². The highest BCUT2D eigenvalue weighted by Crippen LogP contribution is 2.32. The zero-order valence-electron chi connectivity index (χ0n) is 12.0. The summed E-state index contributed by atoms with van der Waals surface area (Å²) in [5.41, 5.74) is 1.67. The molecule has 0 unspecified atom stereocenters. The third-order valence-corrected chi connectivity index (χ3v) is 4.14. The van der Waals surface area contributed by atoms with Crippen LogP contribution in [0.25, 0.3) is 10.2 Å². The molecule has 21 heavy (non-hydrogen) atoms. The van der Waals surface area contributed by atoms with Crippen LogP contribution in [-0.4, -0.2) is 17.0 Å². The molecule has 4 nitrogen and oxygen atoms in total. The van der Waals surface area contributed by atoms with Gasteiger partial charge in [0, 0.05) is 17.6 Å². The van der Waals surface area contributed by atoms with Gasteiger partial charge in [-0.1, -0.05) is 6.07 Å². The van der Waals surface area contributed by atoms with Gasteiger partial charge in [-0.25, -0.2) is 9.37 Å². The molecular weight excluding hydrogens is 287 g/mol. The number of fused-ring (bicyclic) bond motifs is 1. The molecule has 0 fully saturated rings. The van der Waals surface area contributed by atoms with Crippen molar-refractivity contribution in [2.24, 2.45) is 0 Å². The number of nitrogens with one attached hydrogen (secondary N) is 2. The predicted molar refractivity (Wildman–Crippen MR) is 86.1 cm³/mol. The van der Waals surface area contributed by atoms with Gasteiger partial charge >= 0.3 is 0 Å². The number of benzene rings is 1. The van der Waals surface area contributed by atoms with E-state index in [1.807, 2.05) is 19.9 Å². The summed E-state index contributed by atoms with van der Waals surface area (Å²) in [6, 6.07) is 6.70. The van der Waals surface area contributed by atoms with Gasteiger partial charge in [-0.05, 0) is 37.6 Å². The second-order valence-electron chi connectivity index (χ2n) is 4.81. The lowest BCUT2D eigenvalue weighted by Gasteiger charge is -2.11. The minimum Gasteiger partial charge on any atom is -0.357 e. The first kappa shape index (κ1) is 13.8. The number of aromatic nitrogens is 2. The second-order valence-corrected chi connectivity index (χ2v) is 6.04. The van der Waals surface area contributed by atoms with Crippen LogP contribution in [0.2, 0.25) is 0 Å². The maximum atomic E-state index is 13.4. The van der Waals surface area contributed by atoms with Crippen LogP contribution in [0.15, 0.2) is 24.3 Å². The molecule has 6 heteroatoms. The lowest BCUT2D eigenvalue weighted by molar-refractivity contribution is 0.628. The fourth-order valence-corrected chi connectivity index (χ4v) is 2.98. The Kier molecular flexibility index (Phi) is 3.47. The number of rotatable bonds is 3. The van der Waals surface area contributed by atoms with E-state index in [2.05, 4.69) is 20.6 Å². The first-order chi connectivity index (χ1) is 10.1. The van der Waals surface area contributed by atoms with Crippen molar-refractivity contribution >= 4 is 39.0 Å². The van der Waals surface area contributed by atoms with E-state index in [0.29, 0.717) is 17.5 Å². The van der Waals surface area contributed by atoms with Crippen molar-refractivity contribution < 1.29 is 4.39 Å². The topological polar surface area (TPSA) is 49.8 Å². The van der Waals surface area contributed by atoms with E-state index < -0.39 is 0 Å². The van der Waals surface area contributed by atoms with Crippen molar-refractivity contribution in [1.29, 1.82) is 0 Å². The van der Waals surface area contributed by atoms with Crippen LogP contribution < -0.4 is 10.6 Å². The van der Waals surface area contributed by atoms with Crippen LogP contribution in [0.1, 0.15) is 10.4 Å². The molecule has 0 saturated heterocycles. The highest BCUT2D eigenvalue weighted by molar-refractivity contribution is 7.18. The number of thiophene rings is 1. The molecule has 0 radical (unpaired) electrons. The third-order valence-electron chi connectivity index (χ3n) is 3.19. The number of anilines is 3. The molecule has 0 spiro atoms. The van der Waals surface area contributed by atoms with Gasteiger partial charge in [-0.3, -0.25) is 0 Å².